The molecule has 0 fully saturated rings. The molecule has 0 aliphatic carbocycles. The minimum Gasteiger partial charge on any atom is -0.461 e. The Morgan fingerprint density at radius 3 is 2.17 bits per heavy atom. The fourth-order valence-corrected chi connectivity index (χ4v) is 1.44. The van der Waals surface area contributed by atoms with Crippen molar-refractivity contribution in [2.75, 3.05) is 0 Å². The lowest BCUT2D eigenvalue weighted by Gasteiger charge is -2.07. The average molecular weight is 256 g/mol. The molecule has 0 bridgehead atoms. The first-order valence-electron chi connectivity index (χ1n) is 5.71. The van der Waals surface area contributed by atoms with Crippen LogP contribution in [0, 0.1) is 6.92 Å². The predicted molar refractivity (Wildman–Crippen MR) is 65.2 cm³/mol. The molecule has 98 valence electrons. The van der Waals surface area contributed by atoms with E-state index in [1.165, 1.54) is 6.07 Å². The van der Waals surface area contributed by atoms with Crippen molar-refractivity contribution >= 4 is 0 Å². The molecule has 1 heterocycles. The van der Waals surface area contributed by atoms with Crippen LogP contribution < -0.4 is 0 Å². The van der Waals surface area contributed by atoms with Gasteiger partial charge in [0.2, 0.25) is 0 Å². The smallest absolute Gasteiger partial charge is 0.416 e. The van der Waals surface area contributed by atoms with E-state index in [-0.39, 0.29) is 0 Å². The normalized spacial score (nSPS) is 10.8. The van der Waals surface area contributed by atoms with Crippen LogP contribution in [0.2, 0.25) is 0 Å². The molecular formula is C14H15F3O. The molecule has 0 atom stereocenters. The van der Waals surface area contributed by atoms with Gasteiger partial charge in [-0.05, 0) is 31.2 Å². The minimum atomic E-state index is -4.32. The fraction of sp³-hybridized carbons (Fsp3) is 0.286. The summed E-state index contributed by atoms with van der Waals surface area (Å²) in [5.74, 6) is 1.12. The molecule has 0 N–H and O–H groups in total. The van der Waals surface area contributed by atoms with Gasteiger partial charge in [-0.15, -0.1) is 0 Å². The molecule has 0 saturated heterocycles. The van der Waals surface area contributed by atoms with Crippen molar-refractivity contribution in [2.24, 2.45) is 0 Å². The van der Waals surface area contributed by atoms with Crippen molar-refractivity contribution in [3.63, 3.8) is 0 Å². The highest BCUT2D eigenvalue weighted by molar-refractivity contribution is 5.58. The summed E-state index contributed by atoms with van der Waals surface area (Å²) in [5.41, 5.74) is -0.234. The zero-order valence-corrected chi connectivity index (χ0v) is 10.5. The first-order valence-corrected chi connectivity index (χ1v) is 5.71. The van der Waals surface area contributed by atoms with E-state index in [0.29, 0.717) is 17.1 Å². The molecular weight excluding hydrogens is 241 g/mol. The topological polar surface area (TPSA) is 13.1 Å². The van der Waals surface area contributed by atoms with E-state index < -0.39 is 11.7 Å². The van der Waals surface area contributed by atoms with Crippen LogP contribution in [0.5, 0.6) is 0 Å². The van der Waals surface area contributed by atoms with Gasteiger partial charge in [0.1, 0.15) is 11.5 Å². The quantitative estimate of drug-likeness (QED) is 0.674. The van der Waals surface area contributed by atoms with Crippen molar-refractivity contribution < 1.29 is 17.6 Å². The van der Waals surface area contributed by atoms with Gasteiger partial charge in [0.05, 0.1) is 5.56 Å². The van der Waals surface area contributed by atoms with Gasteiger partial charge in [0.25, 0.3) is 0 Å². The monoisotopic (exact) mass is 256 g/mol. The van der Waals surface area contributed by atoms with Crippen LogP contribution in [-0.2, 0) is 6.18 Å². The lowest BCUT2D eigenvalue weighted by atomic mass is 10.1. The third-order valence-corrected chi connectivity index (χ3v) is 2.21. The summed E-state index contributed by atoms with van der Waals surface area (Å²) in [6.07, 6.45) is -4.32. The van der Waals surface area contributed by atoms with Crippen molar-refractivity contribution in [1.29, 1.82) is 0 Å². The standard InChI is InChI=1S/C12H9F3O.C2H6/c1-8-5-6-11(16-8)9-3-2-4-10(7-9)12(13,14)15;1-2/h2-7H,1H3;1-2H3. The van der Waals surface area contributed by atoms with Crippen LogP contribution in [0.15, 0.2) is 40.8 Å². The first kappa shape index (κ1) is 14.4. The molecule has 0 unspecified atom stereocenters. The number of rotatable bonds is 1. The van der Waals surface area contributed by atoms with Gasteiger partial charge in [0, 0.05) is 5.56 Å². The van der Waals surface area contributed by atoms with Gasteiger partial charge < -0.3 is 4.42 Å². The third-order valence-electron chi connectivity index (χ3n) is 2.21. The summed E-state index contributed by atoms with van der Waals surface area (Å²) in [6.45, 7) is 5.75. The molecule has 0 radical (unpaired) electrons. The highest BCUT2D eigenvalue weighted by Gasteiger charge is 2.30. The van der Waals surface area contributed by atoms with Crippen molar-refractivity contribution in [3.8, 4) is 11.3 Å². The molecule has 0 amide bonds. The maximum absolute atomic E-state index is 12.5. The Balaban J connectivity index is 0.000000771. The zero-order valence-electron chi connectivity index (χ0n) is 10.5. The number of hydrogen-bond donors (Lipinski definition) is 0. The van der Waals surface area contributed by atoms with Crippen LogP contribution in [0.25, 0.3) is 11.3 Å². The van der Waals surface area contributed by atoms with Gasteiger partial charge in [-0.2, -0.15) is 13.2 Å². The molecule has 1 aromatic carbocycles. The minimum absolute atomic E-state index is 0.433. The maximum atomic E-state index is 12.5. The lowest BCUT2D eigenvalue weighted by molar-refractivity contribution is -0.137. The average Bonchev–Trinajstić information content (AvgIpc) is 2.78. The Hall–Kier alpha value is -1.71. The van der Waals surface area contributed by atoms with E-state index in [0.717, 1.165) is 12.1 Å². The molecule has 18 heavy (non-hydrogen) atoms. The van der Waals surface area contributed by atoms with Crippen molar-refractivity contribution in [1.82, 2.24) is 0 Å². The van der Waals surface area contributed by atoms with Crippen molar-refractivity contribution in [3.05, 3.63) is 47.7 Å². The summed E-state index contributed by atoms with van der Waals surface area (Å²) in [7, 11) is 0. The van der Waals surface area contributed by atoms with E-state index in [2.05, 4.69) is 0 Å². The Bertz CT molecular complexity index is 498. The second-order valence-corrected chi connectivity index (χ2v) is 3.49. The van der Waals surface area contributed by atoms with Crippen LogP contribution >= 0.6 is 0 Å². The molecule has 1 nitrogen and oxygen atoms in total. The van der Waals surface area contributed by atoms with Gasteiger partial charge in [-0.3, -0.25) is 0 Å². The molecule has 2 rings (SSSR count). The van der Waals surface area contributed by atoms with E-state index in [1.54, 1.807) is 25.1 Å². The molecule has 0 spiro atoms. The Kier molecular flexibility index (Phi) is 4.59. The molecule has 0 saturated carbocycles. The van der Waals surface area contributed by atoms with Crippen LogP contribution in [-0.4, -0.2) is 0 Å². The number of hydrogen-bond acceptors (Lipinski definition) is 1. The van der Waals surface area contributed by atoms with Gasteiger partial charge in [-0.25, -0.2) is 0 Å². The molecule has 2 aromatic rings. The Morgan fingerprint density at radius 1 is 1.00 bits per heavy atom. The van der Waals surface area contributed by atoms with E-state index in [4.69, 9.17) is 4.42 Å². The third kappa shape index (κ3) is 3.39. The number of halogens is 3. The molecule has 4 heteroatoms. The van der Waals surface area contributed by atoms with Crippen molar-refractivity contribution in [2.45, 2.75) is 26.9 Å². The molecule has 0 aliphatic heterocycles. The second-order valence-electron chi connectivity index (χ2n) is 3.49. The summed E-state index contributed by atoms with van der Waals surface area (Å²) in [5, 5.41) is 0. The number of benzene rings is 1. The van der Waals surface area contributed by atoms with Crippen LogP contribution in [0.3, 0.4) is 0 Å². The van der Waals surface area contributed by atoms with Crippen LogP contribution in [0.4, 0.5) is 13.2 Å². The highest BCUT2D eigenvalue weighted by atomic mass is 19.4. The lowest BCUT2D eigenvalue weighted by Crippen LogP contribution is -2.04. The zero-order chi connectivity index (χ0) is 13.8. The number of furan rings is 1. The molecule has 0 aliphatic rings. The van der Waals surface area contributed by atoms with Gasteiger partial charge in [0.15, 0.2) is 0 Å². The number of alkyl halides is 3. The summed E-state index contributed by atoms with van der Waals surface area (Å²) >= 11 is 0. The van der Waals surface area contributed by atoms with E-state index in [9.17, 15) is 13.2 Å². The summed E-state index contributed by atoms with van der Waals surface area (Å²) < 4.78 is 42.6. The Labute approximate surface area is 104 Å². The van der Waals surface area contributed by atoms with Gasteiger partial charge >= 0.3 is 6.18 Å². The number of aryl methyl sites for hydroxylation is 1. The van der Waals surface area contributed by atoms with Gasteiger partial charge in [-0.1, -0.05) is 26.0 Å². The Morgan fingerprint density at radius 2 is 1.67 bits per heavy atom. The summed E-state index contributed by atoms with van der Waals surface area (Å²) in [6, 6.07) is 8.46. The maximum Gasteiger partial charge on any atom is 0.416 e. The second kappa shape index (κ2) is 5.76. The van der Waals surface area contributed by atoms with E-state index in [1.807, 2.05) is 13.8 Å². The SMILES string of the molecule is CC.Cc1ccc(-c2cccc(C(F)(F)F)c2)o1. The summed E-state index contributed by atoms with van der Waals surface area (Å²) in [4.78, 5) is 0. The van der Waals surface area contributed by atoms with Crippen LogP contribution in [0.1, 0.15) is 25.2 Å². The largest absolute Gasteiger partial charge is 0.461 e. The highest BCUT2D eigenvalue weighted by Crippen LogP contribution is 2.32. The predicted octanol–water partition coefficient (Wildman–Crippen LogP) is 5.30. The molecule has 1 aromatic heterocycles. The van der Waals surface area contributed by atoms with E-state index >= 15 is 0 Å². The fourth-order valence-electron chi connectivity index (χ4n) is 1.44. The first-order chi connectivity index (χ1) is 8.47.